The summed E-state index contributed by atoms with van der Waals surface area (Å²) in [6.07, 6.45) is 0. The van der Waals surface area contributed by atoms with Gasteiger partial charge in [0.1, 0.15) is 10.2 Å². The van der Waals surface area contributed by atoms with Gasteiger partial charge >= 0.3 is 5.97 Å². The normalized spacial score (nSPS) is 12.0. The Morgan fingerprint density at radius 1 is 1.50 bits per heavy atom. The summed E-state index contributed by atoms with van der Waals surface area (Å²) in [5.74, 6) is -0.858. The molecule has 0 bridgehead atoms. The number of carbonyl (C=O) groups excluding carboxylic acids is 1. The molecular formula is C13H10BrClFNO2S. The number of ether oxygens (including phenoxy) is 1. The van der Waals surface area contributed by atoms with Crippen molar-refractivity contribution in [3.63, 3.8) is 0 Å². The summed E-state index contributed by atoms with van der Waals surface area (Å²) in [6.45, 7) is 0. The maximum Gasteiger partial charge on any atom is 0.333 e. The van der Waals surface area contributed by atoms with Gasteiger partial charge in [-0.05, 0) is 40.2 Å². The van der Waals surface area contributed by atoms with E-state index in [2.05, 4.69) is 21.2 Å². The monoisotopic (exact) mass is 377 g/mol. The lowest BCUT2D eigenvalue weighted by Gasteiger charge is -2.16. The molecule has 0 saturated carbocycles. The van der Waals surface area contributed by atoms with Crippen LogP contribution in [-0.4, -0.2) is 13.1 Å². The zero-order valence-corrected chi connectivity index (χ0v) is 13.5. The van der Waals surface area contributed by atoms with Crippen LogP contribution >= 0.6 is 38.9 Å². The third-order valence-corrected chi connectivity index (χ3v) is 5.06. The molecule has 1 heterocycles. The van der Waals surface area contributed by atoms with E-state index in [0.29, 0.717) is 19.4 Å². The van der Waals surface area contributed by atoms with Gasteiger partial charge in [-0.1, -0.05) is 17.7 Å². The average molecular weight is 379 g/mol. The van der Waals surface area contributed by atoms with E-state index >= 15 is 0 Å². The minimum Gasteiger partial charge on any atom is -0.467 e. The van der Waals surface area contributed by atoms with Crippen LogP contribution in [-0.2, 0) is 9.53 Å². The molecule has 1 unspecified atom stereocenters. The van der Waals surface area contributed by atoms with Crippen LogP contribution in [0.2, 0.25) is 4.34 Å². The van der Waals surface area contributed by atoms with Crippen LogP contribution < -0.4 is 5.32 Å². The quantitative estimate of drug-likeness (QED) is 0.788. The maximum absolute atomic E-state index is 13.2. The first kappa shape index (κ1) is 15.3. The van der Waals surface area contributed by atoms with Gasteiger partial charge in [0.25, 0.3) is 0 Å². The van der Waals surface area contributed by atoms with Crippen LogP contribution in [0.25, 0.3) is 0 Å². The Balaban J connectivity index is 2.31. The fraction of sp³-hybridized carbons (Fsp3) is 0.154. The number of anilines is 1. The summed E-state index contributed by atoms with van der Waals surface area (Å²) < 4.78 is 19.2. The molecule has 0 radical (unpaired) electrons. The Kier molecular flexibility index (Phi) is 5.01. The number of esters is 1. The Morgan fingerprint density at radius 3 is 2.80 bits per heavy atom. The van der Waals surface area contributed by atoms with Gasteiger partial charge in [0.2, 0.25) is 0 Å². The molecule has 2 rings (SSSR count). The van der Waals surface area contributed by atoms with Gasteiger partial charge in [0.15, 0.2) is 6.04 Å². The topological polar surface area (TPSA) is 38.3 Å². The van der Waals surface area contributed by atoms with Gasteiger partial charge in [-0.15, -0.1) is 11.3 Å². The molecule has 0 fully saturated rings. The fourth-order valence-corrected chi connectivity index (χ4v) is 3.39. The number of methoxy groups -OCH3 is 1. The van der Waals surface area contributed by atoms with Crippen LogP contribution in [0.5, 0.6) is 0 Å². The standard InChI is InChI=1S/C13H10BrClFNO2S/c1-19-13(18)11(10-6-9(14)12(15)20-10)17-8-4-2-3-7(16)5-8/h2-6,11,17H,1H3. The molecule has 20 heavy (non-hydrogen) atoms. The molecule has 0 aliphatic heterocycles. The molecule has 1 N–H and O–H groups in total. The van der Waals surface area contributed by atoms with Gasteiger partial charge in [-0.25, -0.2) is 9.18 Å². The van der Waals surface area contributed by atoms with Crippen molar-refractivity contribution in [2.75, 3.05) is 12.4 Å². The number of hydrogen-bond acceptors (Lipinski definition) is 4. The van der Waals surface area contributed by atoms with E-state index in [4.69, 9.17) is 16.3 Å². The number of benzene rings is 1. The predicted octanol–water partition coefficient (Wildman–Crippen LogP) is 4.63. The smallest absolute Gasteiger partial charge is 0.333 e. The number of nitrogens with one attached hydrogen (secondary N) is 1. The van der Waals surface area contributed by atoms with Crippen molar-refractivity contribution in [2.45, 2.75) is 6.04 Å². The second kappa shape index (κ2) is 6.56. The molecule has 7 heteroatoms. The van der Waals surface area contributed by atoms with Crippen molar-refractivity contribution in [1.82, 2.24) is 0 Å². The molecule has 0 spiro atoms. The predicted molar refractivity (Wildman–Crippen MR) is 81.8 cm³/mol. The van der Waals surface area contributed by atoms with Crippen LogP contribution in [0.3, 0.4) is 0 Å². The second-order valence-electron chi connectivity index (χ2n) is 3.88. The van der Waals surface area contributed by atoms with Gasteiger partial charge in [0.05, 0.1) is 7.11 Å². The van der Waals surface area contributed by atoms with E-state index in [1.807, 2.05) is 0 Å². The van der Waals surface area contributed by atoms with Crippen LogP contribution in [0.1, 0.15) is 10.9 Å². The number of thiophene rings is 1. The molecule has 0 amide bonds. The fourth-order valence-electron chi connectivity index (χ4n) is 1.61. The molecule has 106 valence electrons. The van der Waals surface area contributed by atoms with Gasteiger partial charge in [0, 0.05) is 15.0 Å². The Morgan fingerprint density at radius 2 is 2.25 bits per heavy atom. The third kappa shape index (κ3) is 3.50. The lowest BCUT2D eigenvalue weighted by atomic mass is 10.2. The number of carbonyl (C=O) groups is 1. The Labute approximate surface area is 132 Å². The highest BCUT2D eigenvalue weighted by Gasteiger charge is 2.24. The first-order valence-electron chi connectivity index (χ1n) is 5.56. The van der Waals surface area contributed by atoms with Crippen molar-refractivity contribution in [3.05, 3.63) is 49.8 Å². The molecular weight excluding hydrogens is 369 g/mol. The zero-order valence-electron chi connectivity index (χ0n) is 10.3. The minimum atomic E-state index is -0.740. The highest BCUT2D eigenvalue weighted by Crippen LogP contribution is 2.36. The maximum atomic E-state index is 13.2. The van der Waals surface area contributed by atoms with Crippen LogP contribution in [0, 0.1) is 5.82 Å². The largest absolute Gasteiger partial charge is 0.467 e. The van der Waals surface area contributed by atoms with Gasteiger partial charge < -0.3 is 10.1 Å². The van der Waals surface area contributed by atoms with E-state index in [9.17, 15) is 9.18 Å². The van der Waals surface area contributed by atoms with E-state index in [-0.39, 0.29) is 5.82 Å². The number of rotatable bonds is 4. The van der Waals surface area contributed by atoms with E-state index in [1.54, 1.807) is 18.2 Å². The van der Waals surface area contributed by atoms with Crippen LogP contribution in [0.4, 0.5) is 10.1 Å². The molecule has 3 nitrogen and oxygen atoms in total. The highest BCUT2D eigenvalue weighted by molar-refractivity contribution is 9.10. The Bertz CT molecular complexity index is 615. The molecule has 0 aliphatic rings. The lowest BCUT2D eigenvalue weighted by molar-refractivity contribution is -0.141. The Hall–Kier alpha value is -1.11. The van der Waals surface area contributed by atoms with E-state index in [0.717, 1.165) is 0 Å². The SMILES string of the molecule is COC(=O)C(Nc1cccc(F)c1)c1cc(Br)c(Cl)s1. The second-order valence-corrected chi connectivity index (χ2v) is 6.42. The lowest BCUT2D eigenvalue weighted by Crippen LogP contribution is -2.21. The van der Waals surface area contributed by atoms with Crippen molar-refractivity contribution in [2.24, 2.45) is 0 Å². The molecule has 1 atom stereocenters. The van der Waals surface area contributed by atoms with E-state index in [1.165, 1.54) is 30.6 Å². The van der Waals surface area contributed by atoms with Crippen LogP contribution in [0.15, 0.2) is 34.8 Å². The molecule has 0 aliphatic carbocycles. The number of hydrogen-bond donors (Lipinski definition) is 1. The molecule has 0 saturated heterocycles. The van der Waals surface area contributed by atoms with E-state index < -0.39 is 12.0 Å². The molecule has 1 aromatic heterocycles. The summed E-state index contributed by atoms with van der Waals surface area (Å²) in [4.78, 5) is 12.6. The van der Waals surface area contributed by atoms with Crippen molar-refractivity contribution >= 4 is 50.5 Å². The minimum absolute atomic E-state index is 0.385. The summed E-state index contributed by atoms with van der Waals surface area (Å²) >= 11 is 10.5. The first-order valence-corrected chi connectivity index (χ1v) is 7.54. The zero-order chi connectivity index (χ0) is 14.7. The van der Waals surface area contributed by atoms with Crippen molar-refractivity contribution in [1.29, 1.82) is 0 Å². The summed E-state index contributed by atoms with van der Waals surface area (Å²) in [7, 11) is 1.30. The number of halogens is 3. The van der Waals surface area contributed by atoms with Crippen molar-refractivity contribution in [3.8, 4) is 0 Å². The summed E-state index contributed by atoms with van der Waals surface area (Å²) in [6, 6.07) is 6.86. The average Bonchev–Trinajstić information content (AvgIpc) is 2.75. The first-order chi connectivity index (χ1) is 9.51. The van der Waals surface area contributed by atoms with Gasteiger partial charge in [-0.3, -0.25) is 0 Å². The van der Waals surface area contributed by atoms with Crippen molar-refractivity contribution < 1.29 is 13.9 Å². The third-order valence-electron chi connectivity index (χ3n) is 2.52. The highest BCUT2D eigenvalue weighted by atomic mass is 79.9. The molecule has 2 aromatic rings. The summed E-state index contributed by atoms with van der Waals surface area (Å²) in [5.41, 5.74) is 0.487. The van der Waals surface area contributed by atoms with Gasteiger partial charge in [-0.2, -0.15) is 0 Å². The summed E-state index contributed by atoms with van der Waals surface area (Å²) in [5, 5.41) is 2.94. The molecule has 1 aromatic carbocycles.